The molecule has 8 nitrogen and oxygen atoms in total. The molecule has 156 valence electrons. The van der Waals surface area contributed by atoms with Crippen molar-refractivity contribution in [1.29, 1.82) is 0 Å². The second-order valence-electron chi connectivity index (χ2n) is 6.71. The van der Waals surface area contributed by atoms with Crippen LogP contribution >= 0.6 is 7.60 Å². The second-order valence-corrected chi connectivity index (χ2v) is 8.69. The normalized spacial score (nSPS) is 13.6. The van der Waals surface area contributed by atoms with Crippen molar-refractivity contribution in [3.8, 4) is 0 Å². The van der Waals surface area contributed by atoms with E-state index in [0.29, 0.717) is 26.4 Å². The molecule has 0 amide bonds. The topological polar surface area (TPSA) is 95.7 Å². The smallest absolute Gasteiger partial charge is 0.330 e. The van der Waals surface area contributed by atoms with E-state index in [2.05, 4.69) is 43.2 Å². The van der Waals surface area contributed by atoms with Crippen molar-refractivity contribution in [2.75, 3.05) is 32.6 Å². The Morgan fingerprint density at radius 2 is 1.79 bits per heavy atom. The number of hydrogen-bond donors (Lipinski definition) is 1. The van der Waals surface area contributed by atoms with Gasteiger partial charge in [-0.15, -0.1) is 5.10 Å². The van der Waals surface area contributed by atoms with Crippen molar-refractivity contribution in [3.63, 3.8) is 0 Å². The van der Waals surface area contributed by atoms with E-state index < -0.39 is 7.60 Å². The van der Waals surface area contributed by atoms with Crippen LogP contribution in [0.3, 0.4) is 0 Å². The molecular weight excluding hydrogens is 381 g/mol. The predicted molar refractivity (Wildman–Crippen MR) is 107 cm³/mol. The summed E-state index contributed by atoms with van der Waals surface area (Å²) in [5, 5.41) is 8.27. The Morgan fingerprint density at radius 3 is 2.46 bits per heavy atom. The number of rotatable bonds is 12. The van der Waals surface area contributed by atoms with Crippen LogP contribution in [0.4, 0.5) is 0 Å². The van der Waals surface area contributed by atoms with Gasteiger partial charge >= 0.3 is 7.60 Å². The quantitative estimate of drug-likeness (QED) is 0.424. The Kier molecular flexibility index (Phi) is 8.79. The molecule has 0 spiro atoms. The van der Waals surface area contributed by atoms with E-state index >= 15 is 0 Å². The van der Waals surface area contributed by atoms with E-state index in [9.17, 15) is 9.46 Å². The minimum Gasteiger partial charge on any atom is -0.378 e. The molecule has 0 aliphatic carbocycles. The van der Waals surface area contributed by atoms with Crippen molar-refractivity contribution in [2.45, 2.75) is 40.8 Å². The summed E-state index contributed by atoms with van der Waals surface area (Å²) >= 11 is 0. The summed E-state index contributed by atoms with van der Waals surface area (Å²) in [6.07, 6.45) is 1.85. The molecule has 0 saturated carbocycles. The van der Waals surface area contributed by atoms with Gasteiger partial charge in [0.1, 0.15) is 5.69 Å². The first kappa shape index (κ1) is 22.7. The van der Waals surface area contributed by atoms with Crippen LogP contribution in [0.2, 0.25) is 0 Å². The van der Waals surface area contributed by atoms with Gasteiger partial charge in [-0.25, -0.2) is 4.68 Å². The number of aryl methyl sites for hydroxylation is 2. The summed E-state index contributed by atoms with van der Waals surface area (Å²) in [6.45, 7) is 10.1. The Hall–Kier alpha value is -1.57. The van der Waals surface area contributed by atoms with Gasteiger partial charge in [0.25, 0.3) is 0 Å². The number of ether oxygens (including phenoxy) is 2. The third-order valence-corrected chi connectivity index (χ3v) is 5.80. The average Bonchev–Trinajstić information content (AvgIpc) is 3.06. The Bertz CT molecular complexity index is 786. The van der Waals surface area contributed by atoms with Crippen molar-refractivity contribution < 1.29 is 23.5 Å². The van der Waals surface area contributed by atoms with Crippen LogP contribution < -0.4 is 0 Å². The third kappa shape index (κ3) is 7.45. The van der Waals surface area contributed by atoms with Crippen LogP contribution in [0.25, 0.3) is 0 Å². The van der Waals surface area contributed by atoms with Crippen LogP contribution in [0.1, 0.15) is 34.9 Å². The maximum absolute atomic E-state index is 11.5. The summed E-state index contributed by atoms with van der Waals surface area (Å²) in [4.78, 5) is 9.42. The van der Waals surface area contributed by atoms with Crippen LogP contribution in [0.15, 0.2) is 18.3 Å². The van der Waals surface area contributed by atoms with Gasteiger partial charge in [0.15, 0.2) is 0 Å². The number of hydrogen-bond acceptors (Lipinski definition) is 6. The highest BCUT2D eigenvalue weighted by atomic mass is 31.2. The minimum atomic E-state index is -3.52. The van der Waals surface area contributed by atoms with Crippen LogP contribution in [-0.2, 0) is 31.7 Å². The molecule has 1 N–H and O–H groups in total. The number of nitrogens with zero attached hydrogens (tertiary/aromatic N) is 3. The first-order chi connectivity index (χ1) is 13.3. The Morgan fingerprint density at radius 1 is 1.11 bits per heavy atom. The molecule has 0 aliphatic rings. The fraction of sp³-hybridized carbons (Fsp3) is 0.579. The standard InChI is InChI=1S/C19H30N3O5P/c1-5-27-28(23,24)9-8-25-6-7-26-14-19-13-22(21-20-19)12-18-10-15(2)17(4)16(3)11-18/h10-11,13H,5-9,12,14H2,1-4H3,(H,23,24). The molecule has 0 fully saturated rings. The van der Waals surface area contributed by atoms with Crippen molar-refractivity contribution >= 4 is 7.60 Å². The molecule has 1 aromatic carbocycles. The lowest BCUT2D eigenvalue weighted by Gasteiger charge is -2.10. The molecule has 1 unspecified atom stereocenters. The molecule has 28 heavy (non-hydrogen) atoms. The molecule has 2 aromatic rings. The van der Waals surface area contributed by atoms with Crippen LogP contribution in [0.5, 0.6) is 0 Å². The zero-order valence-corrected chi connectivity index (χ0v) is 17.9. The molecule has 0 bridgehead atoms. The molecule has 9 heteroatoms. The highest BCUT2D eigenvalue weighted by molar-refractivity contribution is 7.52. The third-order valence-electron chi connectivity index (χ3n) is 4.39. The van der Waals surface area contributed by atoms with E-state index in [0.717, 1.165) is 5.69 Å². The predicted octanol–water partition coefficient (Wildman–Crippen LogP) is 3.01. The number of benzene rings is 1. The molecular formula is C19H30N3O5P. The molecule has 2 rings (SSSR count). The van der Waals surface area contributed by atoms with Crippen molar-refractivity contribution in [2.24, 2.45) is 0 Å². The molecule has 0 radical (unpaired) electrons. The summed E-state index contributed by atoms with van der Waals surface area (Å²) < 4.78 is 28.8. The van der Waals surface area contributed by atoms with Crippen molar-refractivity contribution in [1.82, 2.24) is 15.0 Å². The lowest BCUT2D eigenvalue weighted by molar-refractivity contribution is 0.0435. The highest BCUT2D eigenvalue weighted by Crippen LogP contribution is 2.40. The van der Waals surface area contributed by atoms with E-state index in [4.69, 9.17) is 14.0 Å². The monoisotopic (exact) mass is 411 g/mol. The van der Waals surface area contributed by atoms with Gasteiger partial charge in [0.05, 0.1) is 51.9 Å². The first-order valence-corrected chi connectivity index (χ1v) is 11.1. The fourth-order valence-electron chi connectivity index (χ4n) is 2.73. The Balaban J connectivity index is 1.67. The summed E-state index contributed by atoms with van der Waals surface area (Å²) in [5.41, 5.74) is 5.81. The Labute approximate surface area is 166 Å². The number of aromatic nitrogens is 3. The zero-order valence-electron chi connectivity index (χ0n) is 17.1. The fourth-order valence-corrected chi connectivity index (χ4v) is 3.62. The van der Waals surface area contributed by atoms with Gasteiger partial charge in [0.2, 0.25) is 0 Å². The summed E-state index contributed by atoms with van der Waals surface area (Å²) in [6, 6.07) is 4.35. The largest absolute Gasteiger partial charge is 0.378 e. The highest BCUT2D eigenvalue weighted by Gasteiger charge is 2.17. The lowest BCUT2D eigenvalue weighted by Crippen LogP contribution is -2.08. The van der Waals surface area contributed by atoms with E-state index in [1.807, 2.05) is 6.20 Å². The zero-order chi connectivity index (χ0) is 20.6. The van der Waals surface area contributed by atoms with E-state index in [1.165, 1.54) is 22.3 Å². The maximum atomic E-state index is 11.5. The lowest BCUT2D eigenvalue weighted by atomic mass is 10.0. The molecule has 1 heterocycles. The van der Waals surface area contributed by atoms with Crippen LogP contribution in [0, 0.1) is 20.8 Å². The molecule has 0 saturated heterocycles. The van der Waals surface area contributed by atoms with Gasteiger partial charge in [0, 0.05) is 0 Å². The van der Waals surface area contributed by atoms with E-state index in [1.54, 1.807) is 11.6 Å². The SMILES string of the molecule is CCOP(=O)(O)CCOCCOCc1cn(Cc2cc(C)c(C)c(C)c2)nn1. The van der Waals surface area contributed by atoms with Gasteiger partial charge in [-0.05, 0) is 49.9 Å². The average molecular weight is 411 g/mol. The van der Waals surface area contributed by atoms with Gasteiger partial charge in [-0.1, -0.05) is 17.3 Å². The first-order valence-electron chi connectivity index (χ1n) is 9.38. The second kappa shape index (κ2) is 10.8. The van der Waals surface area contributed by atoms with Gasteiger partial charge < -0.3 is 18.9 Å². The van der Waals surface area contributed by atoms with Crippen LogP contribution in [-0.4, -0.2) is 52.5 Å². The molecule has 1 atom stereocenters. The summed E-state index contributed by atoms with van der Waals surface area (Å²) in [7, 11) is -3.52. The maximum Gasteiger partial charge on any atom is 0.330 e. The van der Waals surface area contributed by atoms with E-state index in [-0.39, 0.29) is 19.4 Å². The van der Waals surface area contributed by atoms with Gasteiger partial charge in [-0.2, -0.15) is 0 Å². The summed E-state index contributed by atoms with van der Waals surface area (Å²) in [5.74, 6) is 0. The van der Waals surface area contributed by atoms with Gasteiger partial charge in [-0.3, -0.25) is 4.57 Å². The minimum absolute atomic E-state index is 0.0207. The van der Waals surface area contributed by atoms with Crippen molar-refractivity contribution in [3.05, 3.63) is 46.3 Å². The molecule has 1 aromatic heterocycles. The molecule has 0 aliphatic heterocycles.